The monoisotopic (exact) mass is 442 g/mol. The second-order valence-corrected chi connectivity index (χ2v) is 7.64. The number of hydrogen-bond acceptors (Lipinski definition) is 6. The van der Waals surface area contributed by atoms with E-state index in [-0.39, 0.29) is 17.5 Å². The van der Waals surface area contributed by atoms with Gasteiger partial charge in [0.25, 0.3) is 5.91 Å². The lowest BCUT2D eigenvalue weighted by molar-refractivity contribution is -0.152. The second-order valence-electron chi connectivity index (χ2n) is 6.70. The first-order chi connectivity index (χ1) is 15.0. The maximum atomic E-state index is 13.3. The van der Waals surface area contributed by atoms with Crippen LogP contribution in [0.2, 0.25) is 0 Å². The molecule has 7 nitrogen and oxygen atoms in total. The summed E-state index contributed by atoms with van der Waals surface area (Å²) in [5.74, 6) is -0.723. The molecule has 1 atom stereocenters. The lowest BCUT2D eigenvalue weighted by atomic mass is 10.2. The van der Waals surface area contributed by atoms with Crippen molar-refractivity contribution in [3.05, 3.63) is 60.4 Å². The number of aromatic nitrogens is 3. The SMILES string of the molecule is CCCNC(=O)C(C)OC(=O)CSc1nnc(-c2ccc(F)cc2)n1-c1ccccc1. The highest BCUT2D eigenvalue weighted by atomic mass is 32.2. The number of nitrogens with one attached hydrogen (secondary N) is 1. The van der Waals surface area contributed by atoms with Gasteiger partial charge in [0.2, 0.25) is 0 Å². The summed E-state index contributed by atoms with van der Waals surface area (Å²) >= 11 is 1.15. The van der Waals surface area contributed by atoms with Crippen LogP contribution < -0.4 is 5.32 Å². The molecule has 1 aromatic heterocycles. The molecule has 1 heterocycles. The molecule has 0 aliphatic rings. The second kappa shape index (κ2) is 10.7. The maximum Gasteiger partial charge on any atom is 0.317 e. The van der Waals surface area contributed by atoms with Crippen molar-refractivity contribution < 1.29 is 18.7 Å². The summed E-state index contributed by atoms with van der Waals surface area (Å²) in [7, 11) is 0. The highest BCUT2D eigenvalue weighted by Crippen LogP contribution is 2.28. The number of halogens is 1. The van der Waals surface area contributed by atoms with Crippen molar-refractivity contribution in [3.8, 4) is 17.1 Å². The van der Waals surface area contributed by atoms with Gasteiger partial charge in [-0.25, -0.2) is 4.39 Å². The summed E-state index contributed by atoms with van der Waals surface area (Å²) in [6.45, 7) is 4.01. The molecule has 0 bridgehead atoms. The van der Waals surface area contributed by atoms with Crippen molar-refractivity contribution in [2.24, 2.45) is 0 Å². The minimum absolute atomic E-state index is 0.0419. The molecule has 1 amide bonds. The molecular formula is C22H23FN4O3S. The zero-order valence-corrected chi connectivity index (χ0v) is 18.1. The number of ether oxygens (including phenoxy) is 1. The number of benzene rings is 2. The Labute approximate surface area is 184 Å². The van der Waals surface area contributed by atoms with Gasteiger partial charge in [0.05, 0.1) is 5.75 Å². The molecule has 1 N–H and O–H groups in total. The van der Waals surface area contributed by atoms with Gasteiger partial charge in [-0.05, 0) is 49.7 Å². The van der Waals surface area contributed by atoms with Crippen LogP contribution in [0.5, 0.6) is 0 Å². The van der Waals surface area contributed by atoms with Crippen LogP contribution in [0.4, 0.5) is 4.39 Å². The summed E-state index contributed by atoms with van der Waals surface area (Å²) in [5, 5.41) is 11.6. The van der Waals surface area contributed by atoms with E-state index in [9.17, 15) is 14.0 Å². The number of thioether (sulfide) groups is 1. The normalized spacial score (nSPS) is 11.7. The van der Waals surface area contributed by atoms with Crippen LogP contribution in [0, 0.1) is 5.82 Å². The number of para-hydroxylation sites is 1. The van der Waals surface area contributed by atoms with E-state index < -0.39 is 12.1 Å². The summed E-state index contributed by atoms with van der Waals surface area (Å²) < 4.78 is 20.3. The summed E-state index contributed by atoms with van der Waals surface area (Å²) in [4.78, 5) is 24.1. The van der Waals surface area contributed by atoms with Gasteiger partial charge in [-0.3, -0.25) is 14.2 Å². The molecule has 9 heteroatoms. The number of carbonyl (C=O) groups is 2. The number of carbonyl (C=O) groups excluding carboxylic acids is 2. The van der Waals surface area contributed by atoms with Gasteiger partial charge in [0.15, 0.2) is 17.1 Å². The first kappa shape index (κ1) is 22.5. The molecule has 0 fully saturated rings. The van der Waals surface area contributed by atoms with E-state index in [0.717, 1.165) is 23.9 Å². The van der Waals surface area contributed by atoms with Crippen molar-refractivity contribution >= 4 is 23.6 Å². The zero-order valence-electron chi connectivity index (χ0n) is 17.2. The van der Waals surface area contributed by atoms with E-state index in [2.05, 4.69) is 15.5 Å². The van der Waals surface area contributed by atoms with Crippen molar-refractivity contribution in [1.82, 2.24) is 20.1 Å². The Morgan fingerprint density at radius 3 is 2.52 bits per heavy atom. The summed E-state index contributed by atoms with van der Waals surface area (Å²) in [6, 6.07) is 15.4. The Morgan fingerprint density at radius 2 is 1.84 bits per heavy atom. The van der Waals surface area contributed by atoms with Gasteiger partial charge in [0, 0.05) is 17.8 Å². The van der Waals surface area contributed by atoms with Crippen molar-refractivity contribution in [3.63, 3.8) is 0 Å². The van der Waals surface area contributed by atoms with E-state index in [0.29, 0.717) is 23.1 Å². The molecule has 0 spiro atoms. The third kappa shape index (κ3) is 5.91. The number of rotatable bonds is 9. The predicted octanol–water partition coefficient (Wildman–Crippen LogP) is 3.62. The molecule has 0 aliphatic carbocycles. The molecule has 162 valence electrons. The van der Waals surface area contributed by atoms with E-state index in [1.54, 1.807) is 16.7 Å². The predicted molar refractivity (Wildman–Crippen MR) is 116 cm³/mol. The standard InChI is InChI=1S/C22H23FN4O3S/c1-3-13-24-21(29)15(2)30-19(28)14-31-22-26-25-20(16-9-11-17(23)12-10-16)27(22)18-7-5-4-6-8-18/h4-12,15H,3,13-14H2,1-2H3,(H,24,29). The molecule has 3 aromatic rings. The average molecular weight is 443 g/mol. The lowest BCUT2D eigenvalue weighted by Crippen LogP contribution is -2.36. The fourth-order valence-electron chi connectivity index (χ4n) is 2.76. The van der Waals surface area contributed by atoms with Gasteiger partial charge < -0.3 is 10.1 Å². The number of nitrogens with zero attached hydrogens (tertiary/aromatic N) is 3. The lowest BCUT2D eigenvalue weighted by Gasteiger charge is -2.13. The zero-order chi connectivity index (χ0) is 22.2. The van der Waals surface area contributed by atoms with E-state index in [4.69, 9.17) is 4.74 Å². The molecule has 2 aromatic carbocycles. The molecule has 0 radical (unpaired) electrons. The van der Waals surface area contributed by atoms with Crippen molar-refractivity contribution in [2.45, 2.75) is 31.5 Å². The van der Waals surface area contributed by atoms with Crippen molar-refractivity contribution in [2.75, 3.05) is 12.3 Å². The van der Waals surface area contributed by atoms with Crippen LogP contribution in [-0.2, 0) is 14.3 Å². The molecule has 0 saturated carbocycles. The van der Waals surface area contributed by atoms with Crippen LogP contribution in [0.1, 0.15) is 20.3 Å². The maximum absolute atomic E-state index is 13.3. The molecule has 0 saturated heterocycles. The first-order valence-electron chi connectivity index (χ1n) is 9.86. The summed E-state index contributed by atoms with van der Waals surface area (Å²) in [5.41, 5.74) is 1.49. The van der Waals surface area contributed by atoms with Crippen LogP contribution >= 0.6 is 11.8 Å². The van der Waals surface area contributed by atoms with Gasteiger partial charge in [-0.15, -0.1) is 10.2 Å². The highest BCUT2D eigenvalue weighted by molar-refractivity contribution is 7.99. The van der Waals surface area contributed by atoms with Crippen LogP contribution in [-0.4, -0.2) is 45.0 Å². The smallest absolute Gasteiger partial charge is 0.317 e. The van der Waals surface area contributed by atoms with E-state index >= 15 is 0 Å². The Hall–Kier alpha value is -3.20. The Morgan fingerprint density at radius 1 is 1.13 bits per heavy atom. The number of hydrogen-bond donors (Lipinski definition) is 1. The number of amides is 1. The van der Waals surface area contributed by atoms with Crippen LogP contribution in [0.25, 0.3) is 17.1 Å². The minimum atomic E-state index is -0.874. The minimum Gasteiger partial charge on any atom is -0.452 e. The molecule has 3 rings (SSSR count). The van der Waals surface area contributed by atoms with Crippen LogP contribution in [0.15, 0.2) is 59.8 Å². The fraction of sp³-hybridized carbons (Fsp3) is 0.273. The van der Waals surface area contributed by atoms with Gasteiger partial charge >= 0.3 is 5.97 Å². The highest BCUT2D eigenvalue weighted by Gasteiger charge is 2.20. The largest absolute Gasteiger partial charge is 0.452 e. The molecular weight excluding hydrogens is 419 g/mol. The summed E-state index contributed by atoms with van der Waals surface area (Å²) in [6.07, 6.45) is -0.0743. The van der Waals surface area contributed by atoms with Crippen molar-refractivity contribution in [1.29, 1.82) is 0 Å². The Kier molecular flexibility index (Phi) is 7.77. The molecule has 1 unspecified atom stereocenters. The molecule has 0 aliphatic heterocycles. The van der Waals surface area contributed by atoms with Gasteiger partial charge in [-0.2, -0.15) is 0 Å². The third-order valence-corrected chi connectivity index (χ3v) is 5.20. The van der Waals surface area contributed by atoms with Gasteiger partial charge in [-0.1, -0.05) is 36.9 Å². The topological polar surface area (TPSA) is 86.1 Å². The van der Waals surface area contributed by atoms with E-state index in [1.807, 2.05) is 37.3 Å². The van der Waals surface area contributed by atoms with Crippen LogP contribution in [0.3, 0.4) is 0 Å². The van der Waals surface area contributed by atoms with Gasteiger partial charge in [0.1, 0.15) is 5.82 Å². The fourth-order valence-corrected chi connectivity index (χ4v) is 3.49. The van der Waals surface area contributed by atoms with E-state index in [1.165, 1.54) is 19.1 Å². The first-order valence-corrected chi connectivity index (χ1v) is 10.8. The Bertz CT molecular complexity index is 1020. The average Bonchev–Trinajstić information content (AvgIpc) is 3.21. The molecule has 31 heavy (non-hydrogen) atoms. The Balaban J connectivity index is 1.76. The quantitative estimate of drug-likeness (QED) is 0.402. The third-order valence-electron chi connectivity index (χ3n) is 4.30. The number of esters is 1.